The minimum absolute atomic E-state index is 0.00715. The average Bonchev–Trinajstić information content (AvgIpc) is 3.30. The highest BCUT2D eigenvalue weighted by Crippen LogP contribution is 2.40. The van der Waals surface area contributed by atoms with Crippen LogP contribution in [0.5, 0.6) is 0 Å². The lowest BCUT2D eigenvalue weighted by Gasteiger charge is -2.20. The maximum atomic E-state index is 11.7. The highest BCUT2D eigenvalue weighted by molar-refractivity contribution is 6.06. The minimum atomic E-state index is -1.12. The van der Waals surface area contributed by atoms with Crippen LogP contribution in [0.25, 0.3) is 55.7 Å². The standard InChI is InChI=1S/C54H40N4O8/c55-45-25-37(17-21-41(45)51(59)60)29-1-9-33(10-2-29)49(34-11-3-30(4-12-34)38-18-22-42(52(61)62)46(56)26-38)50(35-13-5-31(6-14-35)39-19-23-43(53(63)64)47(57)27-39)36-15-7-32(8-16-36)40-20-24-44(54(65)66)48(58)28-40/h1-28H,55-58H2,(H,59,60)(H,61,62)(H,63,64)(H,65,66). The monoisotopic (exact) mass is 872 g/mol. The van der Waals surface area contributed by atoms with Gasteiger partial charge in [0.25, 0.3) is 0 Å². The topological polar surface area (TPSA) is 253 Å². The van der Waals surface area contributed by atoms with E-state index < -0.39 is 23.9 Å². The molecule has 0 aliphatic carbocycles. The van der Waals surface area contributed by atoms with Crippen LogP contribution in [0.15, 0.2) is 170 Å². The lowest BCUT2D eigenvalue weighted by atomic mass is 9.84. The predicted octanol–water partition coefficient (Wildman–Crippen LogP) is 10.5. The first-order chi connectivity index (χ1) is 31.7. The summed E-state index contributed by atoms with van der Waals surface area (Å²) >= 11 is 0. The van der Waals surface area contributed by atoms with Crippen molar-refractivity contribution in [1.29, 1.82) is 0 Å². The van der Waals surface area contributed by atoms with Crippen LogP contribution in [-0.4, -0.2) is 44.3 Å². The molecule has 12 N–H and O–H groups in total. The molecule has 0 aromatic heterocycles. The van der Waals surface area contributed by atoms with Gasteiger partial charge < -0.3 is 43.4 Å². The van der Waals surface area contributed by atoms with Crippen LogP contribution in [0.4, 0.5) is 22.7 Å². The Morgan fingerprint density at radius 3 is 0.576 bits per heavy atom. The number of carboxylic acids is 4. The number of rotatable bonds is 12. The van der Waals surface area contributed by atoms with Crippen LogP contribution in [0.1, 0.15) is 63.7 Å². The summed E-state index contributed by atoms with van der Waals surface area (Å²) in [5, 5.41) is 38.2. The Hall–Kier alpha value is -9.42. The number of benzene rings is 8. The van der Waals surface area contributed by atoms with Gasteiger partial charge in [-0.15, -0.1) is 0 Å². The summed E-state index contributed by atoms with van der Waals surface area (Å²) in [7, 11) is 0. The summed E-state index contributed by atoms with van der Waals surface area (Å²) in [5.74, 6) is -4.48. The Bertz CT molecular complexity index is 2830. The molecule has 66 heavy (non-hydrogen) atoms. The minimum Gasteiger partial charge on any atom is -0.478 e. The molecule has 0 aliphatic rings. The third kappa shape index (κ3) is 8.65. The first kappa shape index (κ1) is 43.2. The van der Waals surface area contributed by atoms with Crippen molar-refractivity contribution in [3.05, 3.63) is 214 Å². The van der Waals surface area contributed by atoms with E-state index in [4.69, 9.17) is 22.9 Å². The van der Waals surface area contributed by atoms with Gasteiger partial charge in [-0.2, -0.15) is 0 Å². The summed E-state index contributed by atoms with van der Waals surface area (Å²) in [6.07, 6.45) is 0. The predicted molar refractivity (Wildman–Crippen MR) is 258 cm³/mol. The number of hydrogen-bond donors (Lipinski definition) is 8. The first-order valence-electron chi connectivity index (χ1n) is 20.4. The molecule has 0 heterocycles. The molecule has 12 nitrogen and oxygen atoms in total. The zero-order valence-corrected chi connectivity index (χ0v) is 34.9. The Morgan fingerprint density at radius 1 is 0.258 bits per heavy atom. The highest BCUT2D eigenvalue weighted by atomic mass is 16.4. The van der Waals surface area contributed by atoms with Crippen molar-refractivity contribution < 1.29 is 39.6 Å². The second kappa shape index (κ2) is 17.8. The van der Waals surface area contributed by atoms with Gasteiger partial charge in [-0.1, -0.05) is 121 Å². The maximum absolute atomic E-state index is 11.7. The largest absolute Gasteiger partial charge is 0.478 e. The van der Waals surface area contributed by atoms with Crippen LogP contribution in [0, 0.1) is 0 Å². The second-order valence-corrected chi connectivity index (χ2v) is 15.5. The smallest absolute Gasteiger partial charge is 0.337 e. The van der Waals surface area contributed by atoms with E-state index in [1.54, 1.807) is 48.5 Å². The van der Waals surface area contributed by atoms with Gasteiger partial charge in [-0.25, -0.2) is 19.2 Å². The Labute approximate surface area is 378 Å². The fraction of sp³-hybridized carbons (Fsp3) is 0. The second-order valence-electron chi connectivity index (χ2n) is 15.5. The number of anilines is 4. The highest BCUT2D eigenvalue weighted by Gasteiger charge is 2.20. The first-order valence-corrected chi connectivity index (χ1v) is 20.4. The van der Waals surface area contributed by atoms with Crippen molar-refractivity contribution in [2.45, 2.75) is 0 Å². The van der Waals surface area contributed by atoms with Crippen LogP contribution in [0.2, 0.25) is 0 Å². The summed E-state index contributed by atoms with van der Waals surface area (Å²) < 4.78 is 0. The SMILES string of the molecule is Nc1cc(-c2ccc(C(=C(c3ccc(-c4ccc(C(=O)O)c(N)c4)cc3)c3ccc(-c4ccc(C(=O)O)c(N)c4)cc3)c3ccc(-c4ccc(C(=O)O)c(N)c4)cc3)cc2)ccc1C(=O)O. The Balaban J connectivity index is 1.32. The molecule has 0 saturated carbocycles. The lowest BCUT2D eigenvalue weighted by molar-refractivity contribution is 0.0687. The van der Waals surface area contributed by atoms with E-state index in [2.05, 4.69) is 0 Å². The summed E-state index contributed by atoms with van der Waals surface area (Å²) in [5.41, 5.74) is 36.2. The molecule has 0 saturated heterocycles. The van der Waals surface area contributed by atoms with Crippen LogP contribution in [0.3, 0.4) is 0 Å². The molecule has 0 aliphatic heterocycles. The van der Waals surface area contributed by atoms with Gasteiger partial charge >= 0.3 is 23.9 Å². The fourth-order valence-electron chi connectivity index (χ4n) is 7.98. The number of aromatic carboxylic acids is 4. The number of nitrogen functional groups attached to an aromatic ring is 4. The molecule has 0 radical (unpaired) electrons. The molecule has 8 aromatic rings. The molecule has 324 valence electrons. The van der Waals surface area contributed by atoms with E-state index in [0.29, 0.717) is 0 Å². The van der Waals surface area contributed by atoms with E-state index in [0.717, 1.165) is 77.9 Å². The molecule has 0 bridgehead atoms. The molecule has 8 aromatic carbocycles. The average molecular weight is 873 g/mol. The van der Waals surface area contributed by atoms with Gasteiger partial charge in [0, 0.05) is 22.7 Å². The van der Waals surface area contributed by atoms with Crippen molar-refractivity contribution in [3.8, 4) is 44.5 Å². The van der Waals surface area contributed by atoms with Gasteiger partial charge in [0.15, 0.2) is 0 Å². The zero-order chi connectivity index (χ0) is 46.8. The summed E-state index contributed by atoms with van der Waals surface area (Å²) in [4.78, 5) is 46.8. The molecule has 0 fully saturated rings. The van der Waals surface area contributed by atoms with E-state index >= 15 is 0 Å². The third-order valence-corrected chi connectivity index (χ3v) is 11.4. The quantitative estimate of drug-likeness (QED) is 0.0421. The summed E-state index contributed by atoms with van der Waals surface area (Å²) in [6, 6.07) is 50.6. The molecule has 8 rings (SSSR count). The maximum Gasteiger partial charge on any atom is 0.337 e. The van der Waals surface area contributed by atoms with Crippen molar-refractivity contribution in [1.82, 2.24) is 0 Å². The number of nitrogens with two attached hydrogens (primary N) is 4. The van der Waals surface area contributed by atoms with Crippen molar-refractivity contribution in [2.75, 3.05) is 22.9 Å². The van der Waals surface area contributed by atoms with Gasteiger partial charge in [0.05, 0.1) is 22.3 Å². The molecule has 0 unspecified atom stereocenters. The zero-order valence-electron chi connectivity index (χ0n) is 34.9. The number of carbonyl (C=O) groups is 4. The van der Waals surface area contributed by atoms with Gasteiger partial charge in [-0.3, -0.25) is 0 Å². The van der Waals surface area contributed by atoms with Gasteiger partial charge in [-0.05, 0) is 126 Å². The molecule has 0 spiro atoms. The number of hydrogen-bond acceptors (Lipinski definition) is 8. The van der Waals surface area contributed by atoms with E-state index in [1.807, 2.05) is 97.1 Å². The van der Waals surface area contributed by atoms with Crippen LogP contribution < -0.4 is 22.9 Å². The van der Waals surface area contributed by atoms with Gasteiger partial charge in [0.2, 0.25) is 0 Å². The summed E-state index contributed by atoms with van der Waals surface area (Å²) in [6.45, 7) is 0. The fourth-order valence-corrected chi connectivity index (χ4v) is 7.98. The molecule has 12 heteroatoms. The van der Waals surface area contributed by atoms with Crippen LogP contribution >= 0.6 is 0 Å². The molecule has 0 atom stereocenters. The van der Waals surface area contributed by atoms with E-state index in [1.165, 1.54) is 24.3 Å². The van der Waals surface area contributed by atoms with Crippen molar-refractivity contribution in [2.24, 2.45) is 0 Å². The van der Waals surface area contributed by atoms with Gasteiger partial charge in [0.1, 0.15) is 0 Å². The third-order valence-electron chi connectivity index (χ3n) is 11.4. The Morgan fingerprint density at radius 2 is 0.424 bits per heavy atom. The van der Waals surface area contributed by atoms with E-state index in [-0.39, 0.29) is 45.0 Å². The van der Waals surface area contributed by atoms with Crippen LogP contribution in [-0.2, 0) is 0 Å². The molecular weight excluding hydrogens is 833 g/mol. The lowest BCUT2D eigenvalue weighted by Crippen LogP contribution is -2.02. The van der Waals surface area contributed by atoms with Crippen molar-refractivity contribution >= 4 is 57.8 Å². The van der Waals surface area contributed by atoms with E-state index in [9.17, 15) is 39.6 Å². The molecule has 0 amide bonds. The number of carboxylic acid groups (broad SMARTS) is 4. The van der Waals surface area contributed by atoms with Crippen molar-refractivity contribution in [3.63, 3.8) is 0 Å². The Kier molecular flexibility index (Phi) is 11.6. The molecular formula is C54H40N4O8. The normalized spacial score (nSPS) is 10.8.